The Labute approximate surface area is 109 Å². The minimum atomic E-state index is -0.767. The van der Waals surface area contributed by atoms with E-state index in [1.54, 1.807) is 0 Å². The first-order valence-corrected chi connectivity index (χ1v) is 6.76. The van der Waals surface area contributed by atoms with Gasteiger partial charge in [0.05, 0.1) is 16.6 Å². The Hall–Kier alpha value is -1.43. The summed E-state index contributed by atoms with van der Waals surface area (Å²) in [4.78, 5) is 27.7. The number of carbonyl (C=O) groups excluding carboxylic acids is 1. The molecular formula is C12H16N2O3S. The lowest BCUT2D eigenvalue weighted by Gasteiger charge is -2.11. The highest BCUT2D eigenvalue weighted by Crippen LogP contribution is 2.26. The average Bonchev–Trinajstić information content (AvgIpc) is 2.85. The molecule has 1 aliphatic carbocycles. The van der Waals surface area contributed by atoms with Gasteiger partial charge in [-0.15, -0.1) is 11.3 Å². The van der Waals surface area contributed by atoms with Gasteiger partial charge in [-0.3, -0.25) is 9.59 Å². The van der Waals surface area contributed by atoms with Crippen molar-refractivity contribution in [3.8, 4) is 0 Å². The van der Waals surface area contributed by atoms with E-state index < -0.39 is 5.97 Å². The van der Waals surface area contributed by atoms with Crippen molar-refractivity contribution in [3.63, 3.8) is 0 Å². The van der Waals surface area contributed by atoms with Crippen molar-refractivity contribution >= 4 is 23.2 Å². The van der Waals surface area contributed by atoms with Gasteiger partial charge in [0.1, 0.15) is 4.88 Å². The van der Waals surface area contributed by atoms with E-state index in [9.17, 15) is 9.59 Å². The lowest BCUT2D eigenvalue weighted by Crippen LogP contribution is -2.33. The molecule has 2 rings (SSSR count). The molecule has 1 aromatic rings. The molecule has 18 heavy (non-hydrogen) atoms. The summed E-state index contributed by atoms with van der Waals surface area (Å²) in [5.41, 5.74) is 0.739. The molecule has 6 heteroatoms. The molecule has 0 aromatic carbocycles. The highest BCUT2D eigenvalue weighted by atomic mass is 32.1. The van der Waals surface area contributed by atoms with E-state index in [-0.39, 0.29) is 17.9 Å². The third-order valence-corrected chi connectivity index (χ3v) is 4.30. The first kappa shape index (κ1) is 13.0. The van der Waals surface area contributed by atoms with Gasteiger partial charge in [0.2, 0.25) is 0 Å². The summed E-state index contributed by atoms with van der Waals surface area (Å²) in [5, 5.41) is 12.7. The van der Waals surface area contributed by atoms with Crippen LogP contribution in [0.25, 0.3) is 0 Å². The Morgan fingerprint density at radius 3 is 2.61 bits per heavy atom. The zero-order chi connectivity index (χ0) is 13.3. The van der Waals surface area contributed by atoms with Crippen LogP contribution in [0.4, 0.5) is 0 Å². The largest absolute Gasteiger partial charge is 0.481 e. The molecule has 5 nitrogen and oxygen atoms in total. The lowest BCUT2D eigenvalue weighted by atomic mass is 10.1. The highest BCUT2D eigenvalue weighted by Gasteiger charge is 2.31. The van der Waals surface area contributed by atoms with Gasteiger partial charge in [-0.05, 0) is 33.1 Å². The maximum Gasteiger partial charge on any atom is 0.306 e. The maximum absolute atomic E-state index is 12.0. The summed E-state index contributed by atoms with van der Waals surface area (Å²) in [6.07, 6.45) is 1.90. The van der Waals surface area contributed by atoms with Crippen LogP contribution in [0.2, 0.25) is 0 Å². The number of rotatable bonds is 3. The minimum absolute atomic E-state index is 0.0274. The summed E-state index contributed by atoms with van der Waals surface area (Å²) in [7, 11) is 0. The second kappa shape index (κ2) is 5.06. The Bertz CT molecular complexity index is 484. The number of hydrogen-bond acceptors (Lipinski definition) is 4. The molecule has 2 N–H and O–H groups in total. The fourth-order valence-electron chi connectivity index (χ4n) is 2.33. The summed E-state index contributed by atoms with van der Waals surface area (Å²) < 4.78 is 0. The highest BCUT2D eigenvalue weighted by molar-refractivity contribution is 7.13. The second-order valence-corrected chi connectivity index (χ2v) is 5.87. The summed E-state index contributed by atoms with van der Waals surface area (Å²) >= 11 is 1.37. The number of aromatic nitrogens is 1. The van der Waals surface area contributed by atoms with Gasteiger partial charge in [0, 0.05) is 6.04 Å². The number of amides is 1. The summed E-state index contributed by atoms with van der Waals surface area (Å²) in [5.74, 6) is -1.22. The van der Waals surface area contributed by atoms with Gasteiger partial charge >= 0.3 is 5.97 Å². The van der Waals surface area contributed by atoms with Crippen LogP contribution in [0.15, 0.2) is 0 Å². The Morgan fingerprint density at radius 2 is 2.11 bits per heavy atom. The van der Waals surface area contributed by atoms with Crippen molar-refractivity contribution in [3.05, 3.63) is 15.6 Å². The molecule has 1 amide bonds. The molecule has 0 saturated heterocycles. The number of carbonyl (C=O) groups is 2. The van der Waals surface area contributed by atoms with Crippen molar-refractivity contribution < 1.29 is 14.7 Å². The molecule has 0 spiro atoms. The Morgan fingerprint density at radius 1 is 1.39 bits per heavy atom. The maximum atomic E-state index is 12.0. The zero-order valence-electron chi connectivity index (χ0n) is 10.4. The normalized spacial score (nSPS) is 23.0. The number of aryl methyl sites for hydroxylation is 2. The van der Waals surface area contributed by atoms with E-state index in [0.717, 1.165) is 17.1 Å². The number of nitrogens with one attached hydrogen (secondary N) is 1. The van der Waals surface area contributed by atoms with Crippen LogP contribution >= 0.6 is 11.3 Å². The first-order chi connectivity index (χ1) is 8.47. The molecule has 98 valence electrons. The monoisotopic (exact) mass is 268 g/mol. The molecule has 0 aliphatic heterocycles. The van der Waals surface area contributed by atoms with Gasteiger partial charge < -0.3 is 10.4 Å². The van der Waals surface area contributed by atoms with E-state index in [4.69, 9.17) is 5.11 Å². The van der Waals surface area contributed by atoms with E-state index in [1.165, 1.54) is 11.3 Å². The molecule has 0 unspecified atom stereocenters. The molecule has 2 atom stereocenters. The Kier molecular flexibility index (Phi) is 3.65. The average molecular weight is 268 g/mol. The number of carboxylic acids is 1. The molecule has 1 aliphatic rings. The van der Waals surface area contributed by atoms with E-state index in [0.29, 0.717) is 17.7 Å². The van der Waals surface area contributed by atoms with Gasteiger partial charge in [-0.2, -0.15) is 0 Å². The SMILES string of the molecule is Cc1nc(C)c(C(=O)N[C@@H]2CC[C@H](C(=O)O)C2)s1. The van der Waals surface area contributed by atoms with Crippen molar-refractivity contribution in [2.24, 2.45) is 5.92 Å². The van der Waals surface area contributed by atoms with Crippen molar-refractivity contribution in [2.45, 2.75) is 39.2 Å². The number of nitrogens with zero attached hydrogens (tertiary/aromatic N) is 1. The van der Waals surface area contributed by atoms with Crippen molar-refractivity contribution in [1.29, 1.82) is 0 Å². The van der Waals surface area contributed by atoms with Gasteiger partial charge in [-0.25, -0.2) is 4.98 Å². The number of hydrogen-bond donors (Lipinski definition) is 2. The van der Waals surface area contributed by atoms with Crippen LogP contribution < -0.4 is 5.32 Å². The minimum Gasteiger partial charge on any atom is -0.481 e. The molecule has 0 bridgehead atoms. The van der Waals surface area contributed by atoms with Crippen LogP contribution in [0.1, 0.15) is 39.6 Å². The standard InChI is InChI=1S/C12H16N2O3S/c1-6-10(18-7(2)13-6)11(15)14-9-4-3-8(5-9)12(16)17/h8-9H,3-5H2,1-2H3,(H,14,15)(H,16,17)/t8-,9+/m0/s1. The fourth-order valence-corrected chi connectivity index (χ4v) is 3.15. The molecule has 1 aromatic heterocycles. The zero-order valence-corrected chi connectivity index (χ0v) is 11.2. The number of thiazole rings is 1. The van der Waals surface area contributed by atoms with E-state index in [2.05, 4.69) is 10.3 Å². The molecule has 1 fully saturated rings. The first-order valence-electron chi connectivity index (χ1n) is 5.95. The van der Waals surface area contributed by atoms with Crippen LogP contribution in [0.3, 0.4) is 0 Å². The third-order valence-electron chi connectivity index (χ3n) is 3.23. The van der Waals surface area contributed by atoms with Crippen LogP contribution in [-0.2, 0) is 4.79 Å². The lowest BCUT2D eigenvalue weighted by molar-refractivity contribution is -0.141. The second-order valence-electron chi connectivity index (χ2n) is 4.67. The molecule has 1 heterocycles. The summed E-state index contributed by atoms with van der Waals surface area (Å²) in [6.45, 7) is 3.68. The number of aliphatic carboxylic acids is 1. The fraction of sp³-hybridized carbons (Fsp3) is 0.583. The van der Waals surface area contributed by atoms with E-state index in [1.807, 2.05) is 13.8 Å². The predicted molar refractivity (Wildman–Crippen MR) is 67.8 cm³/mol. The van der Waals surface area contributed by atoms with E-state index >= 15 is 0 Å². The molecule has 0 radical (unpaired) electrons. The van der Waals surface area contributed by atoms with Crippen molar-refractivity contribution in [2.75, 3.05) is 0 Å². The quantitative estimate of drug-likeness (QED) is 0.875. The van der Waals surface area contributed by atoms with Crippen LogP contribution in [0.5, 0.6) is 0 Å². The Balaban J connectivity index is 1.97. The third kappa shape index (κ3) is 2.69. The van der Waals surface area contributed by atoms with Gasteiger partial charge in [0.15, 0.2) is 0 Å². The van der Waals surface area contributed by atoms with Gasteiger partial charge in [0.25, 0.3) is 5.91 Å². The molecule has 1 saturated carbocycles. The van der Waals surface area contributed by atoms with Gasteiger partial charge in [-0.1, -0.05) is 0 Å². The predicted octanol–water partition coefficient (Wildman–Crippen LogP) is 1.74. The smallest absolute Gasteiger partial charge is 0.306 e. The van der Waals surface area contributed by atoms with Crippen LogP contribution in [-0.4, -0.2) is 28.0 Å². The van der Waals surface area contributed by atoms with Crippen LogP contribution in [0, 0.1) is 19.8 Å². The molecular weight excluding hydrogens is 252 g/mol. The van der Waals surface area contributed by atoms with Crippen molar-refractivity contribution in [1.82, 2.24) is 10.3 Å². The topological polar surface area (TPSA) is 79.3 Å². The number of carboxylic acid groups (broad SMARTS) is 1. The summed E-state index contributed by atoms with van der Waals surface area (Å²) in [6, 6.07) is -0.0274.